The highest BCUT2D eigenvalue weighted by molar-refractivity contribution is 7.18. The van der Waals surface area contributed by atoms with E-state index in [1.54, 1.807) is 30.8 Å². The third-order valence-electron chi connectivity index (χ3n) is 2.81. The number of thiazole rings is 1. The van der Waals surface area contributed by atoms with E-state index >= 15 is 0 Å². The zero-order chi connectivity index (χ0) is 13.1. The van der Waals surface area contributed by atoms with Crippen LogP contribution in [0.2, 0.25) is 0 Å². The van der Waals surface area contributed by atoms with E-state index in [9.17, 15) is 0 Å². The van der Waals surface area contributed by atoms with E-state index in [-0.39, 0.29) is 0 Å². The van der Waals surface area contributed by atoms with Crippen LogP contribution in [-0.2, 0) is 0 Å². The maximum Gasteiger partial charge on any atom is 0.123 e. The summed E-state index contributed by atoms with van der Waals surface area (Å²) < 4.78 is 5.16. The second kappa shape index (κ2) is 5.20. The van der Waals surface area contributed by atoms with E-state index in [4.69, 9.17) is 4.74 Å². The molecule has 4 heteroatoms. The Labute approximate surface area is 115 Å². The van der Waals surface area contributed by atoms with E-state index in [0.29, 0.717) is 0 Å². The Balaban J connectivity index is 1.92. The Hall–Kier alpha value is -2.20. The van der Waals surface area contributed by atoms with E-state index in [1.165, 1.54) is 0 Å². The highest BCUT2D eigenvalue weighted by Gasteiger charge is 2.06. The van der Waals surface area contributed by atoms with Gasteiger partial charge in [-0.25, -0.2) is 4.98 Å². The molecule has 0 saturated carbocycles. The summed E-state index contributed by atoms with van der Waals surface area (Å²) in [6, 6.07) is 11.9. The molecule has 1 aromatic carbocycles. The summed E-state index contributed by atoms with van der Waals surface area (Å²) in [6.07, 6.45) is 5.47. The summed E-state index contributed by atoms with van der Waals surface area (Å²) in [5, 5.41) is 1.01. The predicted molar refractivity (Wildman–Crippen MR) is 77.3 cm³/mol. The van der Waals surface area contributed by atoms with Crippen molar-refractivity contribution in [2.24, 2.45) is 0 Å². The minimum Gasteiger partial charge on any atom is -0.497 e. The van der Waals surface area contributed by atoms with Crippen molar-refractivity contribution in [1.82, 2.24) is 9.97 Å². The molecule has 94 valence electrons. The number of pyridine rings is 1. The Kier molecular flexibility index (Phi) is 3.25. The number of rotatable bonds is 3. The van der Waals surface area contributed by atoms with Gasteiger partial charge in [-0.2, -0.15) is 0 Å². The van der Waals surface area contributed by atoms with E-state index in [1.807, 2.05) is 42.6 Å². The lowest BCUT2D eigenvalue weighted by molar-refractivity contribution is 0.415. The van der Waals surface area contributed by atoms with E-state index in [2.05, 4.69) is 9.97 Å². The third kappa shape index (κ3) is 2.48. The lowest BCUT2D eigenvalue weighted by Crippen LogP contribution is -1.81. The van der Waals surface area contributed by atoms with Gasteiger partial charge < -0.3 is 4.74 Å². The molecule has 0 aliphatic heterocycles. The van der Waals surface area contributed by atoms with Gasteiger partial charge in [-0.1, -0.05) is 0 Å². The van der Waals surface area contributed by atoms with Gasteiger partial charge in [0.2, 0.25) is 0 Å². The number of nitrogens with zero attached hydrogens (tertiary/aromatic N) is 2. The van der Waals surface area contributed by atoms with Gasteiger partial charge in [-0.15, -0.1) is 11.3 Å². The molecular weight excluding hydrogens is 256 g/mol. The highest BCUT2D eigenvalue weighted by atomic mass is 32.1. The van der Waals surface area contributed by atoms with Crippen LogP contribution in [0.3, 0.4) is 0 Å². The summed E-state index contributed by atoms with van der Waals surface area (Å²) in [5.74, 6) is 0.864. The van der Waals surface area contributed by atoms with Gasteiger partial charge in [0.1, 0.15) is 10.8 Å². The maximum atomic E-state index is 5.16. The molecule has 0 saturated heterocycles. The molecule has 3 rings (SSSR count). The fraction of sp³-hybridized carbons (Fsp3) is 0.0667. The Bertz CT molecular complexity index is 662. The largest absolute Gasteiger partial charge is 0.497 e. The van der Waals surface area contributed by atoms with Crippen LogP contribution in [0.1, 0.15) is 0 Å². The quantitative estimate of drug-likeness (QED) is 0.723. The average Bonchev–Trinajstić information content (AvgIpc) is 2.98. The number of benzene rings is 1. The molecule has 0 unspecified atom stereocenters. The van der Waals surface area contributed by atoms with Gasteiger partial charge >= 0.3 is 0 Å². The first-order valence-corrected chi connectivity index (χ1v) is 6.69. The Morgan fingerprint density at radius 2 is 1.68 bits per heavy atom. The van der Waals surface area contributed by atoms with Crippen molar-refractivity contribution < 1.29 is 4.74 Å². The van der Waals surface area contributed by atoms with Crippen molar-refractivity contribution in [2.45, 2.75) is 0 Å². The molecule has 3 nitrogen and oxygen atoms in total. The number of hydrogen-bond acceptors (Lipinski definition) is 4. The molecule has 2 heterocycles. The fourth-order valence-corrected chi connectivity index (χ4v) is 2.72. The zero-order valence-electron chi connectivity index (χ0n) is 10.4. The van der Waals surface area contributed by atoms with Crippen molar-refractivity contribution in [3.8, 4) is 26.8 Å². The molecule has 0 N–H and O–H groups in total. The first-order chi connectivity index (χ1) is 9.36. The first kappa shape index (κ1) is 11.9. The summed E-state index contributed by atoms with van der Waals surface area (Å²) in [5.41, 5.74) is 2.25. The molecule has 0 amide bonds. The van der Waals surface area contributed by atoms with Gasteiger partial charge in [0, 0.05) is 24.2 Å². The normalized spacial score (nSPS) is 10.4. The van der Waals surface area contributed by atoms with Gasteiger partial charge in [0.25, 0.3) is 0 Å². The van der Waals surface area contributed by atoms with E-state index in [0.717, 1.165) is 26.8 Å². The molecule has 0 fully saturated rings. The lowest BCUT2D eigenvalue weighted by Gasteiger charge is -2.00. The Morgan fingerprint density at radius 3 is 2.37 bits per heavy atom. The van der Waals surface area contributed by atoms with Gasteiger partial charge in [-0.05, 0) is 42.0 Å². The molecule has 0 radical (unpaired) electrons. The minimum absolute atomic E-state index is 0.864. The predicted octanol–water partition coefficient (Wildman–Crippen LogP) is 3.88. The number of methoxy groups -OCH3 is 1. The topological polar surface area (TPSA) is 35.0 Å². The lowest BCUT2D eigenvalue weighted by atomic mass is 10.2. The summed E-state index contributed by atoms with van der Waals surface area (Å²) in [7, 11) is 1.67. The van der Waals surface area contributed by atoms with Crippen molar-refractivity contribution in [3.05, 3.63) is 55.0 Å². The van der Waals surface area contributed by atoms with Crippen LogP contribution >= 0.6 is 11.3 Å². The second-order valence-electron chi connectivity index (χ2n) is 3.99. The van der Waals surface area contributed by atoms with Crippen molar-refractivity contribution in [2.75, 3.05) is 7.11 Å². The second-order valence-corrected chi connectivity index (χ2v) is 5.02. The summed E-state index contributed by atoms with van der Waals surface area (Å²) >= 11 is 1.67. The van der Waals surface area contributed by atoms with Crippen LogP contribution in [0.15, 0.2) is 55.0 Å². The molecular formula is C15H12N2OS. The molecule has 3 aromatic rings. The fourth-order valence-electron chi connectivity index (χ4n) is 1.79. The maximum absolute atomic E-state index is 5.16. The van der Waals surface area contributed by atoms with Crippen LogP contribution < -0.4 is 4.74 Å². The smallest absolute Gasteiger partial charge is 0.123 e. The van der Waals surface area contributed by atoms with Crippen molar-refractivity contribution in [1.29, 1.82) is 0 Å². The Morgan fingerprint density at radius 1 is 0.947 bits per heavy atom. The zero-order valence-corrected chi connectivity index (χ0v) is 11.2. The average molecular weight is 268 g/mol. The molecule has 0 atom stereocenters. The minimum atomic E-state index is 0.864. The number of ether oxygens (including phenoxy) is 1. The molecule has 0 spiro atoms. The van der Waals surface area contributed by atoms with Gasteiger partial charge in [0.05, 0.1) is 12.0 Å². The molecule has 2 aromatic heterocycles. The van der Waals surface area contributed by atoms with Crippen LogP contribution in [0, 0.1) is 0 Å². The SMILES string of the molecule is COc1ccc(-c2cnc(-c3ccncc3)s2)cc1. The standard InChI is InChI=1S/C15H12N2OS/c1-18-13-4-2-11(3-5-13)14-10-17-15(19-14)12-6-8-16-9-7-12/h2-10H,1H3. The molecule has 0 aliphatic rings. The molecule has 0 aliphatic carbocycles. The number of hydrogen-bond donors (Lipinski definition) is 0. The van der Waals surface area contributed by atoms with Crippen molar-refractivity contribution >= 4 is 11.3 Å². The van der Waals surface area contributed by atoms with Gasteiger partial charge in [-0.3, -0.25) is 4.98 Å². The molecule has 19 heavy (non-hydrogen) atoms. The number of aromatic nitrogens is 2. The third-order valence-corrected chi connectivity index (χ3v) is 3.90. The highest BCUT2D eigenvalue weighted by Crippen LogP contribution is 2.32. The first-order valence-electron chi connectivity index (χ1n) is 5.87. The molecule has 0 bridgehead atoms. The summed E-state index contributed by atoms with van der Waals surface area (Å²) in [4.78, 5) is 9.63. The summed E-state index contributed by atoms with van der Waals surface area (Å²) in [6.45, 7) is 0. The van der Waals surface area contributed by atoms with E-state index < -0.39 is 0 Å². The van der Waals surface area contributed by atoms with Crippen LogP contribution in [0.25, 0.3) is 21.0 Å². The van der Waals surface area contributed by atoms with Crippen LogP contribution in [-0.4, -0.2) is 17.1 Å². The van der Waals surface area contributed by atoms with Crippen LogP contribution in [0.4, 0.5) is 0 Å². The monoisotopic (exact) mass is 268 g/mol. The van der Waals surface area contributed by atoms with Crippen LogP contribution in [0.5, 0.6) is 5.75 Å². The van der Waals surface area contributed by atoms with Gasteiger partial charge in [0.15, 0.2) is 0 Å². The van der Waals surface area contributed by atoms with Crippen molar-refractivity contribution in [3.63, 3.8) is 0 Å².